The molecule has 0 fully saturated rings. The summed E-state index contributed by atoms with van der Waals surface area (Å²) in [6.07, 6.45) is 1.65. The molecule has 0 saturated carbocycles. The molecule has 0 aliphatic heterocycles. The van der Waals surface area contributed by atoms with Gasteiger partial charge in [0.2, 0.25) is 0 Å². The van der Waals surface area contributed by atoms with E-state index in [1.54, 1.807) is 30.5 Å². The van der Waals surface area contributed by atoms with Crippen molar-refractivity contribution >= 4 is 17.6 Å². The molecule has 2 rings (SSSR count). The maximum atomic E-state index is 10.9. The second-order valence-corrected chi connectivity index (χ2v) is 3.69. The first-order chi connectivity index (χ1) is 7.66. The van der Waals surface area contributed by atoms with Gasteiger partial charge in [0.15, 0.2) is 0 Å². The molecule has 0 spiro atoms. The molecule has 0 aliphatic carbocycles. The fourth-order valence-corrected chi connectivity index (χ4v) is 1.63. The van der Waals surface area contributed by atoms with Crippen molar-refractivity contribution in [1.82, 2.24) is 4.98 Å². The molecule has 16 heavy (non-hydrogen) atoms. The van der Waals surface area contributed by atoms with Crippen molar-refractivity contribution in [2.45, 2.75) is 0 Å². The smallest absolute Gasteiger partial charge is 0.335 e. The standard InChI is InChI=1S/C12H8ClNO2/c13-10-6-8(5-9(7-10)12(15)16)11-3-1-2-4-14-11/h1-7H,(H,15,16). The van der Waals surface area contributed by atoms with Crippen LogP contribution >= 0.6 is 11.6 Å². The quantitative estimate of drug-likeness (QED) is 0.867. The number of halogens is 1. The largest absolute Gasteiger partial charge is 0.478 e. The lowest BCUT2D eigenvalue weighted by Gasteiger charge is -2.03. The van der Waals surface area contributed by atoms with Crippen LogP contribution in [0.25, 0.3) is 11.3 Å². The van der Waals surface area contributed by atoms with Crippen LogP contribution in [0.15, 0.2) is 42.6 Å². The third-order valence-electron chi connectivity index (χ3n) is 2.11. The number of hydrogen-bond donors (Lipinski definition) is 1. The van der Waals surface area contributed by atoms with Crippen molar-refractivity contribution in [3.63, 3.8) is 0 Å². The van der Waals surface area contributed by atoms with Gasteiger partial charge < -0.3 is 5.11 Å². The highest BCUT2D eigenvalue weighted by Crippen LogP contribution is 2.23. The zero-order chi connectivity index (χ0) is 11.5. The van der Waals surface area contributed by atoms with Crippen LogP contribution in [0, 0.1) is 0 Å². The van der Waals surface area contributed by atoms with Gasteiger partial charge in [0.05, 0.1) is 11.3 Å². The second kappa shape index (κ2) is 4.33. The Bertz CT molecular complexity index is 526. The number of pyridine rings is 1. The zero-order valence-electron chi connectivity index (χ0n) is 8.22. The number of aromatic nitrogens is 1. The summed E-state index contributed by atoms with van der Waals surface area (Å²) < 4.78 is 0. The van der Waals surface area contributed by atoms with Crippen molar-refractivity contribution < 1.29 is 9.90 Å². The summed E-state index contributed by atoms with van der Waals surface area (Å²) in [4.78, 5) is 15.0. The van der Waals surface area contributed by atoms with Crippen LogP contribution in [0.3, 0.4) is 0 Å². The van der Waals surface area contributed by atoms with E-state index in [2.05, 4.69) is 4.98 Å². The summed E-state index contributed by atoms with van der Waals surface area (Å²) in [6, 6.07) is 10.1. The lowest BCUT2D eigenvalue weighted by atomic mass is 10.1. The van der Waals surface area contributed by atoms with Gasteiger partial charge >= 0.3 is 5.97 Å². The van der Waals surface area contributed by atoms with Gasteiger partial charge in [-0.2, -0.15) is 0 Å². The van der Waals surface area contributed by atoms with E-state index in [-0.39, 0.29) is 5.56 Å². The first-order valence-corrected chi connectivity index (χ1v) is 5.00. The monoisotopic (exact) mass is 233 g/mol. The summed E-state index contributed by atoms with van der Waals surface area (Å²) in [5.74, 6) is -1.00. The lowest BCUT2D eigenvalue weighted by molar-refractivity contribution is 0.0697. The Labute approximate surface area is 97.3 Å². The van der Waals surface area contributed by atoms with Crippen LogP contribution in [0.4, 0.5) is 0 Å². The number of hydrogen-bond acceptors (Lipinski definition) is 2. The molecular weight excluding hydrogens is 226 g/mol. The average Bonchev–Trinajstić information content (AvgIpc) is 2.29. The second-order valence-electron chi connectivity index (χ2n) is 3.25. The van der Waals surface area contributed by atoms with Gasteiger partial charge in [-0.3, -0.25) is 4.98 Å². The topological polar surface area (TPSA) is 50.2 Å². The summed E-state index contributed by atoms with van der Waals surface area (Å²) in [7, 11) is 0. The molecule has 80 valence electrons. The summed E-state index contributed by atoms with van der Waals surface area (Å²) in [5.41, 5.74) is 1.56. The number of nitrogens with zero attached hydrogens (tertiary/aromatic N) is 1. The molecule has 1 aromatic heterocycles. The summed E-state index contributed by atoms with van der Waals surface area (Å²) in [6.45, 7) is 0. The Kier molecular flexibility index (Phi) is 2.88. The minimum Gasteiger partial charge on any atom is -0.478 e. The molecule has 0 amide bonds. The zero-order valence-corrected chi connectivity index (χ0v) is 8.98. The van der Waals surface area contributed by atoms with Crippen LogP contribution in [-0.4, -0.2) is 16.1 Å². The van der Waals surface area contributed by atoms with Crippen LogP contribution in [0.2, 0.25) is 5.02 Å². The van der Waals surface area contributed by atoms with Gasteiger partial charge in [-0.25, -0.2) is 4.79 Å². The average molecular weight is 234 g/mol. The highest BCUT2D eigenvalue weighted by molar-refractivity contribution is 6.31. The van der Waals surface area contributed by atoms with Gasteiger partial charge in [0.25, 0.3) is 0 Å². The summed E-state index contributed by atoms with van der Waals surface area (Å²) in [5, 5.41) is 9.29. The molecule has 0 atom stereocenters. The number of aromatic carboxylic acids is 1. The van der Waals surface area contributed by atoms with Crippen molar-refractivity contribution in [1.29, 1.82) is 0 Å². The minimum atomic E-state index is -1.00. The maximum absolute atomic E-state index is 10.9. The van der Waals surface area contributed by atoms with Crippen LogP contribution in [-0.2, 0) is 0 Å². The Morgan fingerprint density at radius 3 is 2.69 bits per heavy atom. The predicted octanol–water partition coefficient (Wildman–Crippen LogP) is 3.10. The fraction of sp³-hybridized carbons (Fsp3) is 0. The van der Waals surface area contributed by atoms with Gasteiger partial charge in [0.1, 0.15) is 0 Å². The van der Waals surface area contributed by atoms with Crippen molar-refractivity contribution in [2.75, 3.05) is 0 Å². The lowest BCUT2D eigenvalue weighted by Crippen LogP contribution is -1.96. The number of carbonyl (C=O) groups is 1. The molecule has 1 aromatic carbocycles. The molecule has 3 nitrogen and oxygen atoms in total. The van der Waals surface area contributed by atoms with Gasteiger partial charge in [-0.05, 0) is 30.3 Å². The van der Waals surface area contributed by atoms with Gasteiger partial charge in [0, 0.05) is 16.8 Å². The Morgan fingerprint density at radius 1 is 1.25 bits per heavy atom. The Morgan fingerprint density at radius 2 is 2.06 bits per heavy atom. The van der Waals surface area contributed by atoms with Gasteiger partial charge in [-0.15, -0.1) is 0 Å². The first kappa shape index (κ1) is 10.6. The van der Waals surface area contributed by atoms with Crippen LogP contribution in [0.1, 0.15) is 10.4 Å². The molecule has 0 aliphatic rings. The van der Waals surface area contributed by atoms with Crippen molar-refractivity contribution in [3.05, 3.63) is 53.2 Å². The SMILES string of the molecule is O=C(O)c1cc(Cl)cc(-c2ccccn2)c1. The number of carboxylic acids is 1. The molecule has 1 N–H and O–H groups in total. The highest BCUT2D eigenvalue weighted by atomic mass is 35.5. The van der Waals surface area contributed by atoms with E-state index in [1.165, 1.54) is 6.07 Å². The molecule has 1 heterocycles. The fourth-order valence-electron chi connectivity index (χ4n) is 1.39. The summed E-state index contributed by atoms with van der Waals surface area (Å²) >= 11 is 5.85. The van der Waals surface area contributed by atoms with Crippen LogP contribution < -0.4 is 0 Å². The third-order valence-corrected chi connectivity index (χ3v) is 2.32. The molecule has 0 saturated heterocycles. The van der Waals surface area contributed by atoms with Crippen molar-refractivity contribution in [3.8, 4) is 11.3 Å². The van der Waals surface area contributed by atoms with E-state index < -0.39 is 5.97 Å². The number of carboxylic acid groups (broad SMARTS) is 1. The Hall–Kier alpha value is -1.87. The Balaban J connectivity index is 2.54. The highest BCUT2D eigenvalue weighted by Gasteiger charge is 2.07. The number of benzene rings is 1. The van der Waals surface area contributed by atoms with E-state index in [9.17, 15) is 4.79 Å². The normalized spacial score (nSPS) is 10.1. The molecule has 0 unspecified atom stereocenters. The maximum Gasteiger partial charge on any atom is 0.335 e. The predicted molar refractivity (Wildman–Crippen MR) is 61.6 cm³/mol. The molecular formula is C12H8ClNO2. The van der Waals surface area contributed by atoms with E-state index in [0.29, 0.717) is 16.3 Å². The molecule has 2 aromatic rings. The molecule has 0 radical (unpaired) electrons. The van der Waals surface area contributed by atoms with Crippen LogP contribution in [0.5, 0.6) is 0 Å². The molecule has 4 heteroatoms. The van der Waals surface area contributed by atoms with Gasteiger partial charge in [-0.1, -0.05) is 17.7 Å². The van der Waals surface area contributed by atoms with E-state index in [1.807, 2.05) is 6.07 Å². The van der Waals surface area contributed by atoms with E-state index in [4.69, 9.17) is 16.7 Å². The minimum absolute atomic E-state index is 0.160. The number of rotatable bonds is 2. The molecule has 0 bridgehead atoms. The van der Waals surface area contributed by atoms with E-state index in [0.717, 1.165) is 0 Å². The third kappa shape index (κ3) is 2.20. The first-order valence-electron chi connectivity index (χ1n) is 4.62. The van der Waals surface area contributed by atoms with E-state index >= 15 is 0 Å². The van der Waals surface area contributed by atoms with Crippen molar-refractivity contribution in [2.24, 2.45) is 0 Å².